The van der Waals surface area contributed by atoms with Crippen molar-refractivity contribution in [3.8, 4) is 11.5 Å². The van der Waals surface area contributed by atoms with Crippen LogP contribution in [0.15, 0.2) is 48.5 Å². The first-order valence-corrected chi connectivity index (χ1v) is 7.88. The number of carbonyl (C=O) groups excluding carboxylic acids is 2. The van der Waals surface area contributed by atoms with Gasteiger partial charge < -0.3 is 14.4 Å². The van der Waals surface area contributed by atoms with Crippen LogP contribution in [0.25, 0.3) is 0 Å². The van der Waals surface area contributed by atoms with Gasteiger partial charge in [0.15, 0.2) is 0 Å². The predicted octanol–water partition coefficient (Wildman–Crippen LogP) is 2.56. The summed E-state index contributed by atoms with van der Waals surface area (Å²) in [6.07, 6.45) is 0.0447. The number of hydrogen-bond acceptors (Lipinski definition) is 6. The molecule has 0 radical (unpaired) electrons. The summed E-state index contributed by atoms with van der Waals surface area (Å²) < 4.78 is 10.4. The van der Waals surface area contributed by atoms with Crippen LogP contribution in [0.4, 0.5) is 11.4 Å². The average molecular weight is 356 g/mol. The molecule has 0 N–H and O–H groups in total. The third-order valence-electron chi connectivity index (χ3n) is 4.09. The van der Waals surface area contributed by atoms with Gasteiger partial charge in [-0.3, -0.25) is 19.7 Å². The molecule has 2 aromatic rings. The Labute approximate surface area is 149 Å². The Hall–Kier alpha value is -3.42. The van der Waals surface area contributed by atoms with Crippen molar-refractivity contribution >= 4 is 23.3 Å². The second kappa shape index (κ2) is 7.22. The van der Waals surface area contributed by atoms with E-state index < -0.39 is 16.8 Å². The molecule has 1 heterocycles. The van der Waals surface area contributed by atoms with Crippen LogP contribution >= 0.6 is 0 Å². The summed E-state index contributed by atoms with van der Waals surface area (Å²) in [6, 6.07) is 12.2. The molecule has 8 heteroatoms. The van der Waals surface area contributed by atoms with Crippen LogP contribution in [-0.4, -0.2) is 30.5 Å². The molecule has 1 aliphatic rings. The van der Waals surface area contributed by atoms with Gasteiger partial charge in [-0.05, 0) is 24.3 Å². The monoisotopic (exact) mass is 356 g/mol. The number of carbonyl (C=O) groups is 2. The summed E-state index contributed by atoms with van der Waals surface area (Å²) in [7, 11) is 1.54. The number of benzene rings is 2. The number of nitrogens with zero attached hydrogens (tertiary/aromatic N) is 2. The van der Waals surface area contributed by atoms with Crippen LogP contribution < -0.4 is 14.4 Å². The van der Waals surface area contributed by atoms with E-state index in [1.165, 1.54) is 36.3 Å². The van der Waals surface area contributed by atoms with Crippen LogP contribution in [-0.2, 0) is 9.59 Å². The molecule has 134 valence electrons. The summed E-state index contributed by atoms with van der Waals surface area (Å²) >= 11 is 0. The molecule has 26 heavy (non-hydrogen) atoms. The van der Waals surface area contributed by atoms with Crippen LogP contribution in [0.1, 0.15) is 6.42 Å². The van der Waals surface area contributed by atoms with Gasteiger partial charge in [0.25, 0.3) is 5.69 Å². The number of amides is 1. The molecule has 1 saturated heterocycles. The van der Waals surface area contributed by atoms with Crippen molar-refractivity contribution in [1.29, 1.82) is 0 Å². The van der Waals surface area contributed by atoms with Gasteiger partial charge in [0.2, 0.25) is 5.91 Å². The minimum atomic E-state index is -0.608. The topological polar surface area (TPSA) is 99.0 Å². The molecule has 1 amide bonds. The van der Waals surface area contributed by atoms with Crippen molar-refractivity contribution in [2.45, 2.75) is 6.42 Å². The van der Waals surface area contributed by atoms with Crippen molar-refractivity contribution < 1.29 is 24.0 Å². The summed E-state index contributed by atoms with van der Waals surface area (Å²) in [5, 5.41) is 10.6. The number of ether oxygens (including phenoxy) is 2. The van der Waals surface area contributed by atoms with E-state index in [9.17, 15) is 19.7 Å². The van der Waals surface area contributed by atoms with Gasteiger partial charge in [-0.1, -0.05) is 6.07 Å². The van der Waals surface area contributed by atoms with Crippen molar-refractivity contribution in [3.05, 3.63) is 58.6 Å². The van der Waals surface area contributed by atoms with Crippen molar-refractivity contribution in [3.63, 3.8) is 0 Å². The van der Waals surface area contributed by atoms with E-state index in [4.69, 9.17) is 9.47 Å². The third-order valence-corrected chi connectivity index (χ3v) is 4.09. The zero-order valence-electron chi connectivity index (χ0n) is 14.0. The highest BCUT2D eigenvalue weighted by Gasteiger charge is 2.36. The fourth-order valence-corrected chi connectivity index (χ4v) is 2.73. The predicted molar refractivity (Wildman–Crippen MR) is 92.2 cm³/mol. The molecule has 0 spiro atoms. The second-order valence-corrected chi connectivity index (χ2v) is 5.78. The SMILES string of the molecule is COc1cccc(N2C[C@H](C(=O)Oc3ccc([N+](=O)[O-])cc3)CC2=O)c1. The van der Waals surface area contributed by atoms with E-state index in [0.717, 1.165) is 0 Å². The van der Waals surface area contributed by atoms with E-state index in [-0.39, 0.29) is 30.3 Å². The maximum Gasteiger partial charge on any atom is 0.316 e. The van der Waals surface area contributed by atoms with Gasteiger partial charge in [-0.15, -0.1) is 0 Å². The van der Waals surface area contributed by atoms with Crippen LogP contribution in [0, 0.1) is 16.0 Å². The van der Waals surface area contributed by atoms with E-state index in [1.54, 1.807) is 24.3 Å². The molecule has 1 aliphatic heterocycles. The van der Waals surface area contributed by atoms with Gasteiger partial charge in [0, 0.05) is 36.9 Å². The lowest BCUT2D eigenvalue weighted by Crippen LogP contribution is -2.27. The molecule has 0 unspecified atom stereocenters. The minimum Gasteiger partial charge on any atom is -0.497 e. The van der Waals surface area contributed by atoms with Gasteiger partial charge in [0.05, 0.1) is 18.0 Å². The van der Waals surface area contributed by atoms with E-state index in [2.05, 4.69) is 0 Å². The summed E-state index contributed by atoms with van der Waals surface area (Å²) in [5.74, 6) is -0.509. The molecule has 2 aromatic carbocycles. The van der Waals surface area contributed by atoms with Crippen LogP contribution in [0.5, 0.6) is 11.5 Å². The maximum absolute atomic E-state index is 12.3. The quantitative estimate of drug-likeness (QED) is 0.353. The lowest BCUT2D eigenvalue weighted by atomic mass is 10.1. The molecule has 0 saturated carbocycles. The Bertz CT molecular complexity index is 849. The maximum atomic E-state index is 12.3. The molecule has 1 fully saturated rings. The van der Waals surface area contributed by atoms with Crippen molar-refractivity contribution in [2.75, 3.05) is 18.6 Å². The number of methoxy groups -OCH3 is 1. The van der Waals surface area contributed by atoms with E-state index in [1.807, 2.05) is 0 Å². The standard InChI is InChI=1S/C18H16N2O6/c1-25-16-4-2-3-14(10-16)19-11-12(9-17(19)21)18(22)26-15-7-5-13(6-8-15)20(23)24/h2-8,10,12H,9,11H2,1H3/t12-/m1/s1. The number of non-ortho nitro benzene ring substituents is 1. The molecule has 3 rings (SSSR count). The first kappa shape index (κ1) is 17.4. The van der Waals surface area contributed by atoms with Gasteiger partial charge in [-0.25, -0.2) is 0 Å². The van der Waals surface area contributed by atoms with E-state index >= 15 is 0 Å². The fourth-order valence-electron chi connectivity index (χ4n) is 2.73. The van der Waals surface area contributed by atoms with Gasteiger partial charge >= 0.3 is 5.97 Å². The molecule has 1 atom stereocenters. The zero-order valence-corrected chi connectivity index (χ0v) is 14.0. The van der Waals surface area contributed by atoms with E-state index in [0.29, 0.717) is 11.4 Å². The van der Waals surface area contributed by atoms with Crippen LogP contribution in [0.2, 0.25) is 0 Å². The number of nitro benzene ring substituents is 1. The number of anilines is 1. The van der Waals surface area contributed by atoms with Crippen molar-refractivity contribution in [2.24, 2.45) is 5.92 Å². The Balaban J connectivity index is 1.67. The zero-order chi connectivity index (χ0) is 18.7. The molecule has 8 nitrogen and oxygen atoms in total. The first-order chi connectivity index (χ1) is 12.5. The number of rotatable bonds is 5. The smallest absolute Gasteiger partial charge is 0.316 e. The summed E-state index contributed by atoms with van der Waals surface area (Å²) in [4.78, 5) is 36.2. The molecule has 0 bridgehead atoms. The van der Waals surface area contributed by atoms with Gasteiger partial charge in [-0.2, -0.15) is 0 Å². The highest BCUT2D eigenvalue weighted by atomic mass is 16.6. The van der Waals surface area contributed by atoms with Crippen LogP contribution in [0.3, 0.4) is 0 Å². The summed E-state index contributed by atoms with van der Waals surface area (Å²) in [5.41, 5.74) is 0.560. The molecular weight excluding hydrogens is 340 g/mol. The molecular formula is C18H16N2O6. The Morgan fingerprint density at radius 3 is 2.58 bits per heavy atom. The number of esters is 1. The Morgan fingerprint density at radius 2 is 1.92 bits per heavy atom. The van der Waals surface area contributed by atoms with Crippen molar-refractivity contribution in [1.82, 2.24) is 0 Å². The first-order valence-electron chi connectivity index (χ1n) is 7.88. The average Bonchev–Trinajstić information content (AvgIpc) is 3.04. The largest absolute Gasteiger partial charge is 0.497 e. The summed E-state index contributed by atoms with van der Waals surface area (Å²) in [6.45, 7) is 0.206. The highest BCUT2D eigenvalue weighted by molar-refractivity contribution is 5.99. The highest BCUT2D eigenvalue weighted by Crippen LogP contribution is 2.29. The third kappa shape index (κ3) is 3.64. The molecule has 0 aliphatic carbocycles. The fraction of sp³-hybridized carbons (Fsp3) is 0.222. The lowest BCUT2D eigenvalue weighted by molar-refractivity contribution is -0.384. The number of hydrogen-bond donors (Lipinski definition) is 0. The number of nitro groups is 1. The van der Waals surface area contributed by atoms with Gasteiger partial charge in [0.1, 0.15) is 11.5 Å². The second-order valence-electron chi connectivity index (χ2n) is 5.78. The minimum absolute atomic E-state index is 0.0447. The Morgan fingerprint density at radius 1 is 1.19 bits per heavy atom. The molecule has 0 aromatic heterocycles. The Kier molecular flexibility index (Phi) is 4.83. The lowest BCUT2D eigenvalue weighted by Gasteiger charge is -2.17. The normalized spacial score (nSPS) is 16.4.